The van der Waals surface area contributed by atoms with Crippen molar-refractivity contribution in [2.75, 3.05) is 0 Å². The minimum absolute atomic E-state index is 0.0877. The van der Waals surface area contributed by atoms with E-state index < -0.39 is 66.1 Å². The summed E-state index contributed by atoms with van der Waals surface area (Å²) in [6.45, 7) is 0. The van der Waals surface area contributed by atoms with E-state index >= 15 is 0 Å². The van der Waals surface area contributed by atoms with Gasteiger partial charge in [-0.25, -0.2) is 14.8 Å². The summed E-state index contributed by atoms with van der Waals surface area (Å²) in [4.78, 5) is 86.0. The molecule has 4 unspecified atom stereocenters. The molecule has 17 heteroatoms. The first-order chi connectivity index (χ1) is 18.0. The van der Waals surface area contributed by atoms with Crippen molar-refractivity contribution in [2.45, 2.75) is 56.3 Å². The first kappa shape index (κ1) is 29.4. The van der Waals surface area contributed by atoms with Gasteiger partial charge in [0.15, 0.2) is 0 Å². The molecule has 4 atom stereocenters. The maximum absolute atomic E-state index is 13.1. The molecule has 206 valence electrons. The number of hydrogen-bond donors (Lipinski definition) is 9. The second kappa shape index (κ2) is 14.1. The lowest BCUT2D eigenvalue weighted by Crippen LogP contribution is -2.58. The summed E-state index contributed by atoms with van der Waals surface area (Å²) in [5, 5.41) is 16.3. The fourth-order valence-corrected chi connectivity index (χ4v) is 3.33. The fraction of sp³-hybridized carbons (Fsp3) is 0.429. The van der Waals surface area contributed by atoms with Crippen molar-refractivity contribution in [3.05, 3.63) is 36.4 Å². The molecule has 0 saturated heterocycles. The molecule has 0 spiro atoms. The van der Waals surface area contributed by atoms with Crippen LogP contribution in [0.3, 0.4) is 0 Å². The van der Waals surface area contributed by atoms with Gasteiger partial charge in [-0.2, -0.15) is 0 Å². The molecule has 0 radical (unpaired) electrons. The van der Waals surface area contributed by atoms with Crippen molar-refractivity contribution in [1.82, 2.24) is 35.9 Å². The summed E-state index contributed by atoms with van der Waals surface area (Å²) < 4.78 is 0. The second-order valence-electron chi connectivity index (χ2n) is 8.37. The second-order valence-corrected chi connectivity index (χ2v) is 8.37. The Bertz CT molecular complexity index is 1120. The van der Waals surface area contributed by atoms with Crippen LogP contribution in [0.25, 0.3) is 0 Å². The van der Waals surface area contributed by atoms with Crippen LogP contribution in [0.1, 0.15) is 30.7 Å². The van der Waals surface area contributed by atoms with Gasteiger partial charge in [0.2, 0.25) is 29.5 Å². The van der Waals surface area contributed by atoms with Crippen LogP contribution >= 0.6 is 0 Å². The Labute approximate surface area is 215 Å². The smallest absolute Gasteiger partial charge is 0.326 e. The summed E-state index contributed by atoms with van der Waals surface area (Å²) in [6, 6.07) is -5.44. The molecule has 2 heterocycles. The highest BCUT2D eigenvalue weighted by Gasteiger charge is 2.31. The average Bonchev–Trinajstić information content (AvgIpc) is 3.54. The van der Waals surface area contributed by atoms with E-state index in [4.69, 9.17) is 17.2 Å². The van der Waals surface area contributed by atoms with Crippen LogP contribution in [0, 0.1) is 0 Å². The number of aliphatic carboxylic acids is 1. The van der Waals surface area contributed by atoms with Crippen molar-refractivity contribution < 1.29 is 33.9 Å². The SMILES string of the molecule is NC(=O)CCC(NC(=O)C(CC(N)=O)NC(=O)C(Cc1cnc[nH]1)NC(=O)C(N)Cc1cnc[nH]1)C(=O)O. The first-order valence-electron chi connectivity index (χ1n) is 11.4. The van der Waals surface area contributed by atoms with Gasteiger partial charge in [-0.05, 0) is 6.42 Å². The number of aromatic amines is 2. The zero-order chi connectivity index (χ0) is 28.2. The highest BCUT2D eigenvalue weighted by molar-refractivity contribution is 5.96. The summed E-state index contributed by atoms with van der Waals surface area (Å²) in [5.74, 6) is -5.82. The first-order valence-corrected chi connectivity index (χ1v) is 11.4. The third kappa shape index (κ3) is 9.69. The molecule has 17 nitrogen and oxygen atoms in total. The number of nitrogens with zero attached hydrogens (tertiary/aromatic N) is 2. The fourth-order valence-electron chi connectivity index (χ4n) is 3.33. The van der Waals surface area contributed by atoms with Gasteiger partial charge in [0.1, 0.15) is 18.1 Å². The monoisotopic (exact) mass is 534 g/mol. The minimum Gasteiger partial charge on any atom is -0.480 e. The molecule has 5 amide bonds. The van der Waals surface area contributed by atoms with Gasteiger partial charge in [0.25, 0.3) is 0 Å². The van der Waals surface area contributed by atoms with Crippen molar-refractivity contribution >= 4 is 35.5 Å². The highest BCUT2D eigenvalue weighted by atomic mass is 16.4. The number of primary amides is 2. The van der Waals surface area contributed by atoms with Gasteiger partial charge in [0, 0.05) is 43.0 Å². The predicted molar refractivity (Wildman–Crippen MR) is 128 cm³/mol. The van der Waals surface area contributed by atoms with Gasteiger partial charge in [-0.15, -0.1) is 0 Å². The number of carbonyl (C=O) groups is 6. The maximum Gasteiger partial charge on any atom is 0.326 e. The molecule has 0 fully saturated rings. The summed E-state index contributed by atoms with van der Waals surface area (Å²) in [6.07, 6.45) is 4.36. The lowest BCUT2D eigenvalue weighted by Gasteiger charge is -2.24. The van der Waals surface area contributed by atoms with Crippen molar-refractivity contribution in [1.29, 1.82) is 0 Å². The lowest BCUT2D eigenvalue weighted by atomic mass is 10.1. The maximum atomic E-state index is 13.1. The van der Waals surface area contributed by atoms with Gasteiger partial charge < -0.3 is 48.2 Å². The number of carboxylic acid groups (broad SMARTS) is 1. The Morgan fingerprint density at radius 2 is 1.32 bits per heavy atom. The zero-order valence-electron chi connectivity index (χ0n) is 20.2. The minimum atomic E-state index is -1.59. The Kier molecular flexibility index (Phi) is 10.9. The number of rotatable bonds is 16. The van der Waals surface area contributed by atoms with Crippen LogP contribution in [-0.2, 0) is 41.6 Å². The number of amides is 5. The van der Waals surface area contributed by atoms with Gasteiger partial charge in [0.05, 0.1) is 25.1 Å². The van der Waals surface area contributed by atoms with Gasteiger partial charge >= 0.3 is 5.97 Å². The van der Waals surface area contributed by atoms with Crippen molar-refractivity contribution in [3.8, 4) is 0 Å². The largest absolute Gasteiger partial charge is 0.480 e. The van der Waals surface area contributed by atoms with Gasteiger partial charge in [-0.1, -0.05) is 0 Å². The quantitative estimate of drug-likeness (QED) is 0.100. The summed E-state index contributed by atoms with van der Waals surface area (Å²) in [5.41, 5.74) is 17.2. The normalized spacial score (nSPS) is 13.9. The molecule has 0 aromatic carbocycles. The van der Waals surface area contributed by atoms with Crippen LogP contribution in [0.5, 0.6) is 0 Å². The Morgan fingerprint density at radius 3 is 1.82 bits per heavy atom. The van der Waals surface area contributed by atoms with E-state index in [0.29, 0.717) is 11.4 Å². The molecular weight excluding hydrogens is 504 g/mol. The van der Waals surface area contributed by atoms with Crippen LogP contribution in [0.4, 0.5) is 0 Å². The van der Waals surface area contributed by atoms with Gasteiger partial charge in [-0.3, -0.25) is 24.0 Å². The Balaban J connectivity index is 2.16. The summed E-state index contributed by atoms with van der Waals surface area (Å²) in [7, 11) is 0. The van der Waals surface area contributed by atoms with E-state index in [1.165, 1.54) is 25.0 Å². The van der Waals surface area contributed by atoms with E-state index in [-0.39, 0.29) is 25.7 Å². The number of aromatic nitrogens is 4. The number of nitrogens with one attached hydrogen (secondary N) is 5. The van der Waals surface area contributed by atoms with Crippen LogP contribution < -0.4 is 33.2 Å². The number of hydrogen-bond acceptors (Lipinski definition) is 9. The number of imidazole rings is 2. The van der Waals surface area contributed by atoms with E-state index in [1.54, 1.807) is 0 Å². The molecule has 2 aromatic rings. The third-order valence-electron chi connectivity index (χ3n) is 5.28. The van der Waals surface area contributed by atoms with E-state index in [0.717, 1.165) is 0 Å². The average molecular weight is 535 g/mol. The third-order valence-corrected chi connectivity index (χ3v) is 5.28. The molecule has 0 aliphatic rings. The number of carboxylic acids is 1. The molecule has 38 heavy (non-hydrogen) atoms. The van der Waals surface area contributed by atoms with Crippen molar-refractivity contribution in [2.24, 2.45) is 17.2 Å². The van der Waals surface area contributed by atoms with Crippen molar-refractivity contribution in [3.63, 3.8) is 0 Å². The zero-order valence-corrected chi connectivity index (χ0v) is 20.2. The molecule has 0 aliphatic carbocycles. The number of carbonyl (C=O) groups excluding carboxylic acids is 5. The number of H-pyrrole nitrogens is 2. The molecule has 2 rings (SSSR count). The van der Waals surface area contributed by atoms with E-state index in [9.17, 15) is 33.9 Å². The molecule has 0 saturated carbocycles. The highest BCUT2D eigenvalue weighted by Crippen LogP contribution is 2.05. The molecule has 2 aromatic heterocycles. The Morgan fingerprint density at radius 1 is 0.789 bits per heavy atom. The lowest BCUT2D eigenvalue weighted by molar-refractivity contribution is -0.142. The molecule has 0 bridgehead atoms. The molecule has 0 aliphatic heterocycles. The predicted octanol–water partition coefficient (Wildman–Crippen LogP) is -4.07. The van der Waals surface area contributed by atoms with E-state index in [2.05, 4.69) is 35.9 Å². The molecular formula is C21H30N10O7. The molecule has 12 N–H and O–H groups in total. The summed E-state index contributed by atoms with van der Waals surface area (Å²) >= 11 is 0. The number of nitrogens with two attached hydrogens (primary N) is 3. The Hall–Kier alpha value is -4.80. The van der Waals surface area contributed by atoms with E-state index in [1.807, 2.05) is 0 Å². The topological polar surface area (TPSA) is 294 Å². The van der Waals surface area contributed by atoms with Crippen LogP contribution in [0.2, 0.25) is 0 Å². The van der Waals surface area contributed by atoms with Crippen LogP contribution in [0.15, 0.2) is 25.0 Å². The standard InChI is InChI=1S/C21H30N10O7/c22-12(3-10-6-25-8-27-10)18(34)30-14(4-11-7-26-9-28-11)19(35)31-15(5-17(24)33)20(36)29-13(21(37)38)1-2-16(23)32/h6-9,12-15H,1-5,22H2,(H2,23,32)(H2,24,33)(H,25,27)(H,26,28)(H,29,36)(H,30,34)(H,31,35)(H,37,38). The van der Waals surface area contributed by atoms with Crippen LogP contribution in [-0.4, -0.2) is 84.7 Å².